The standard InChI is InChI=1S/C42H71NO7/c1-6-8-10-12-14-16-17-18-19-20-21-22-23-25-26-28-30-32-40(44)49-37-38(36-48-35-34-39(42(46)47)43(3,4)5)50-41(45)33-31-29-27-24-15-13-11-9-7-2/h9,11,15,18-19,21-22,24-26,38-39H,6-8,10,12-14,16-17,20,23,27-37H2,1-5H3/p+1/b11-9+,19-18+,22-21+,24-15+,26-25+. The van der Waals surface area contributed by atoms with Gasteiger partial charge in [-0.3, -0.25) is 9.59 Å². The summed E-state index contributed by atoms with van der Waals surface area (Å²) in [5, 5.41) is 9.57. The summed E-state index contributed by atoms with van der Waals surface area (Å²) >= 11 is 0. The Kier molecular flexibility index (Phi) is 31.2. The molecule has 0 saturated carbocycles. The molecular formula is C42H72NO7+. The topological polar surface area (TPSA) is 99.1 Å². The maximum Gasteiger partial charge on any atom is 0.362 e. The minimum Gasteiger partial charge on any atom is -0.477 e. The molecule has 1 N–H and O–H groups in total. The second-order valence-corrected chi connectivity index (χ2v) is 13.8. The fraction of sp³-hybridized carbons (Fsp3) is 0.690. The quantitative estimate of drug-likeness (QED) is 0.0315. The fourth-order valence-electron chi connectivity index (χ4n) is 5.14. The molecule has 0 radical (unpaired) electrons. The first kappa shape index (κ1) is 47.0. The van der Waals surface area contributed by atoms with Gasteiger partial charge in [-0.1, -0.05) is 107 Å². The predicted molar refractivity (Wildman–Crippen MR) is 206 cm³/mol. The van der Waals surface area contributed by atoms with Crippen molar-refractivity contribution in [2.75, 3.05) is 41.0 Å². The summed E-state index contributed by atoms with van der Waals surface area (Å²) < 4.78 is 17.1. The summed E-state index contributed by atoms with van der Waals surface area (Å²) in [4.78, 5) is 36.7. The second-order valence-electron chi connectivity index (χ2n) is 13.8. The van der Waals surface area contributed by atoms with Crippen molar-refractivity contribution in [2.45, 2.75) is 148 Å². The van der Waals surface area contributed by atoms with E-state index in [1.807, 2.05) is 21.1 Å². The van der Waals surface area contributed by atoms with E-state index in [9.17, 15) is 19.5 Å². The zero-order valence-electron chi connectivity index (χ0n) is 32.3. The van der Waals surface area contributed by atoms with E-state index < -0.39 is 18.1 Å². The van der Waals surface area contributed by atoms with Crippen molar-refractivity contribution in [3.05, 3.63) is 60.8 Å². The van der Waals surface area contributed by atoms with Gasteiger partial charge in [0.25, 0.3) is 0 Å². The number of carbonyl (C=O) groups is 3. The molecule has 0 saturated heterocycles. The molecule has 8 nitrogen and oxygen atoms in total. The van der Waals surface area contributed by atoms with Crippen LogP contribution in [0.15, 0.2) is 60.8 Å². The normalized spacial score (nSPS) is 13.7. The molecular weight excluding hydrogens is 630 g/mol. The van der Waals surface area contributed by atoms with Gasteiger partial charge in [-0.15, -0.1) is 0 Å². The highest BCUT2D eigenvalue weighted by atomic mass is 16.6. The molecule has 2 atom stereocenters. The van der Waals surface area contributed by atoms with Gasteiger partial charge in [0.1, 0.15) is 6.61 Å². The van der Waals surface area contributed by atoms with Crippen molar-refractivity contribution in [1.29, 1.82) is 0 Å². The third kappa shape index (κ3) is 31.0. The largest absolute Gasteiger partial charge is 0.477 e. The lowest BCUT2D eigenvalue weighted by atomic mass is 10.1. The van der Waals surface area contributed by atoms with E-state index in [0.717, 1.165) is 44.9 Å². The Labute approximate surface area is 305 Å². The summed E-state index contributed by atoms with van der Waals surface area (Å²) in [5.74, 6) is -1.59. The van der Waals surface area contributed by atoms with E-state index in [-0.39, 0.29) is 49.1 Å². The van der Waals surface area contributed by atoms with Crippen molar-refractivity contribution >= 4 is 17.9 Å². The highest BCUT2D eigenvalue weighted by molar-refractivity contribution is 5.72. The molecule has 0 aliphatic carbocycles. The monoisotopic (exact) mass is 703 g/mol. The van der Waals surface area contributed by atoms with Crippen LogP contribution in [-0.2, 0) is 28.6 Å². The van der Waals surface area contributed by atoms with Crippen LogP contribution in [0.5, 0.6) is 0 Å². The first-order chi connectivity index (χ1) is 24.1. The molecule has 286 valence electrons. The number of allylic oxidation sites excluding steroid dienone is 10. The third-order valence-electron chi connectivity index (χ3n) is 8.15. The Morgan fingerprint density at radius 2 is 1.14 bits per heavy atom. The Hall–Kier alpha value is -2.97. The number of carboxylic acid groups (broad SMARTS) is 1. The maximum absolute atomic E-state index is 12.6. The van der Waals surface area contributed by atoms with E-state index >= 15 is 0 Å². The van der Waals surface area contributed by atoms with Crippen molar-refractivity contribution < 1.29 is 38.2 Å². The summed E-state index contributed by atoms with van der Waals surface area (Å²) in [6, 6.07) is -0.627. The molecule has 0 bridgehead atoms. The van der Waals surface area contributed by atoms with E-state index in [4.69, 9.17) is 14.2 Å². The molecule has 50 heavy (non-hydrogen) atoms. The zero-order valence-corrected chi connectivity index (χ0v) is 32.3. The number of ether oxygens (including phenoxy) is 3. The number of unbranched alkanes of at least 4 members (excludes halogenated alkanes) is 9. The van der Waals surface area contributed by atoms with Gasteiger partial charge in [-0.05, 0) is 70.6 Å². The number of likely N-dealkylation sites (N-methyl/N-ethyl adjacent to an activating group) is 1. The van der Waals surface area contributed by atoms with E-state index in [1.54, 1.807) is 0 Å². The van der Waals surface area contributed by atoms with Gasteiger partial charge in [0.05, 0.1) is 34.4 Å². The summed E-state index contributed by atoms with van der Waals surface area (Å²) in [5.41, 5.74) is 0. The number of nitrogens with zero attached hydrogens (tertiary/aromatic N) is 1. The minimum atomic E-state index is -0.890. The summed E-state index contributed by atoms with van der Waals surface area (Å²) in [6.07, 6.45) is 38.6. The van der Waals surface area contributed by atoms with Crippen molar-refractivity contribution in [3.8, 4) is 0 Å². The first-order valence-electron chi connectivity index (χ1n) is 19.3. The molecule has 0 amide bonds. The highest BCUT2D eigenvalue weighted by Crippen LogP contribution is 2.11. The fourth-order valence-corrected chi connectivity index (χ4v) is 5.14. The van der Waals surface area contributed by atoms with Crippen molar-refractivity contribution in [3.63, 3.8) is 0 Å². The van der Waals surface area contributed by atoms with Crippen LogP contribution in [0.25, 0.3) is 0 Å². The molecule has 0 aliphatic rings. The lowest BCUT2D eigenvalue weighted by Gasteiger charge is -2.31. The summed E-state index contributed by atoms with van der Waals surface area (Å²) in [7, 11) is 5.48. The van der Waals surface area contributed by atoms with Crippen LogP contribution in [0, 0.1) is 0 Å². The van der Waals surface area contributed by atoms with E-state index in [0.29, 0.717) is 19.3 Å². The number of carboxylic acids is 1. The molecule has 0 aromatic heterocycles. The number of hydrogen-bond acceptors (Lipinski definition) is 6. The first-order valence-corrected chi connectivity index (χ1v) is 19.3. The number of quaternary nitrogens is 1. The summed E-state index contributed by atoms with van der Waals surface area (Å²) in [6.45, 7) is 4.48. The van der Waals surface area contributed by atoms with Crippen molar-refractivity contribution in [2.24, 2.45) is 0 Å². The number of carbonyl (C=O) groups excluding carboxylic acids is 2. The van der Waals surface area contributed by atoms with Gasteiger partial charge in [0.2, 0.25) is 0 Å². The molecule has 0 aliphatic heterocycles. The van der Waals surface area contributed by atoms with Gasteiger partial charge in [0.15, 0.2) is 12.1 Å². The molecule has 2 unspecified atom stereocenters. The molecule has 8 heteroatoms. The average molecular weight is 703 g/mol. The van der Waals surface area contributed by atoms with Crippen LogP contribution in [0.3, 0.4) is 0 Å². The number of esters is 2. The van der Waals surface area contributed by atoms with Crippen LogP contribution in [0.2, 0.25) is 0 Å². The Morgan fingerprint density at radius 3 is 1.72 bits per heavy atom. The molecule has 0 spiro atoms. The van der Waals surface area contributed by atoms with Crippen LogP contribution < -0.4 is 0 Å². The molecule has 0 rings (SSSR count). The van der Waals surface area contributed by atoms with Gasteiger partial charge in [-0.25, -0.2) is 4.79 Å². The zero-order chi connectivity index (χ0) is 37.1. The smallest absolute Gasteiger partial charge is 0.362 e. The number of rotatable bonds is 33. The van der Waals surface area contributed by atoms with Crippen LogP contribution in [-0.4, -0.2) is 80.6 Å². The second kappa shape index (κ2) is 33.2. The SMILES string of the molecule is CC/C=C/C/C=C/CCCCC(=O)OC(COCCC(C(=O)O)[N+](C)(C)C)COC(=O)CCC/C=C/C/C=C/C/C=C/CCCCCCCC. The molecule has 0 aromatic carbocycles. The molecule has 0 aromatic rings. The number of aliphatic carboxylic acids is 1. The number of hydrogen-bond donors (Lipinski definition) is 1. The minimum absolute atomic E-state index is 0.0295. The maximum atomic E-state index is 12.6. The highest BCUT2D eigenvalue weighted by Gasteiger charge is 2.31. The lowest BCUT2D eigenvalue weighted by Crippen LogP contribution is -2.50. The predicted octanol–water partition coefficient (Wildman–Crippen LogP) is 9.85. The Balaban J connectivity index is 4.49. The molecule has 0 heterocycles. The average Bonchev–Trinajstić information content (AvgIpc) is 3.06. The van der Waals surface area contributed by atoms with Crippen LogP contribution in [0.4, 0.5) is 0 Å². The van der Waals surface area contributed by atoms with Crippen molar-refractivity contribution in [1.82, 2.24) is 0 Å². The van der Waals surface area contributed by atoms with Crippen LogP contribution in [0.1, 0.15) is 136 Å². The van der Waals surface area contributed by atoms with E-state index in [1.165, 1.54) is 44.9 Å². The van der Waals surface area contributed by atoms with Crippen LogP contribution >= 0.6 is 0 Å². The van der Waals surface area contributed by atoms with E-state index in [2.05, 4.69) is 74.6 Å². The lowest BCUT2D eigenvalue weighted by molar-refractivity contribution is -0.887. The van der Waals surface area contributed by atoms with Gasteiger partial charge < -0.3 is 23.8 Å². The van der Waals surface area contributed by atoms with Gasteiger partial charge in [0, 0.05) is 19.3 Å². The molecule has 0 fully saturated rings. The van der Waals surface area contributed by atoms with Gasteiger partial charge >= 0.3 is 17.9 Å². The van der Waals surface area contributed by atoms with Gasteiger partial charge in [-0.2, -0.15) is 0 Å². The Bertz CT molecular complexity index is 1010. The third-order valence-corrected chi connectivity index (χ3v) is 8.15. The Morgan fingerprint density at radius 1 is 0.620 bits per heavy atom.